The van der Waals surface area contributed by atoms with Gasteiger partial charge in [-0.2, -0.15) is 0 Å². The molecule has 0 saturated carbocycles. The molecule has 2 rings (SSSR count). The third-order valence-electron chi connectivity index (χ3n) is 2.34. The SMILES string of the molecule is COc1nc2c(s1)CC(C)CC2. The molecule has 1 unspecified atom stereocenters. The summed E-state index contributed by atoms with van der Waals surface area (Å²) < 4.78 is 5.11. The van der Waals surface area contributed by atoms with E-state index in [1.54, 1.807) is 18.4 Å². The highest BCUT2D eigenvalue weighted by atomic mass is 32.1. The Labute approximate surface area is 76.6 Å². The Morgan fingerprint density at radius 2 is 2.42 bits per heavy atom. The Morgan fingerprint density at radius 3 is 3.17 bits per heavy atom. The number of ether oxygens (including phenoxy) is 1. The quantitative estimate of drug-likeness (QED) is 0.666. The third-order valence-corrected chi connectivity index (χ3v) is 3.42. The lowest BCUT2D eigenvalue weighted by atomic mass is 9.93. The first-order chi connectivity index (χ1) is 5.79. The molecule has 1 aliphatic carbocycles. The molecule has 1 aromatic rings. The van der Waals surface area contributed by atoms with Gasteiger partial charge in [0, 0.05) is 4.88 Å². The Bertz CT molecular complexity index is 282. The van der Waals surface area contributed by atoms with Crippen molar-refractivity contribution >= 4 is 11.3 Å². The van der Waals surface area contributed by atoms with Crippen molar-refractivity contribution in [1.29, 1.82) is 0 Å². The Kier molecular flexibility index (Phi) is 2.05. The van der Waals surface area contributed by atoms with Crippen LogP contribution in [-0.2, 0) is 12.8 Å². The predicted octanol–water partition coefficient (Wildman–Crippen LogP) is 2.28. The number of methoxy groups -OCH3 is 1. The fourth-order valence-electron chi connectivity index (χ4n) is 1.60. The highest BCUT2D eigenvalue weighted by Crippen LogP contribution is 2.32. The minimum absolute atomic E-state index is 0.822. The standard InChI is InChI=1S/C9H13NOS/c1-6-3-4-7-8(5-6)12-9(10-7)11-2/h6H,3-5H2,1-2H3. The lowest BCUT2D eigenvalue weighted by Gasteiger charge is -2.15. The zero-order valence-electron chi connectivity index (χ0n) is 7.46. The number of hydrogen-bond acceptors (Lipinski definition) is 3. The molecular formula is C9H13NOS. The number of thiazole rings is 1. The van der Waals surface area contributed by atoms with Gasteiger partial charge >= 0.3 is 0 Å². The highest BCUT2D eigenvalue weighted by Gasteiger charge is 2.19. The van der Waals surface area contributed by atoms with Gasteiger partial charge in [-0.15, -0.1) is 0 Å². The van der Waals surface area contributed by atoms with Crippen molar-refractivity contribution in [2.45, 2.75) is 26.2 Å². The lowest BCUT2D eigenvalue weighted by molar-refractivity contribution is 0.409. The van der Waals surface area contributed by atoms with E-state index in [4.69, 9.17) is 4.74 Å². The van der Waals surface area contributed by atoms with Crippen LogP contribution in [0.25, 0.3) is 0 Å². The first-order valence-electron chi connectivity index (χ1n) is 4.32. The number of hydrogen-bond donors (Lipinski definition) is 0. The predicted molar refractivity (Wildman–Crippen MR) is 49.9 cm³/mol. The van der Waals surface area contributed by atoms with Crippen molar-refractivity contribution in [2.24, 2.45) is 5.92 Å². The largest absolute Gasteiger partial charge is 0.473 e. The molecule has 1 heterocycles. The van der Waals surface area contributed by atoms with Gasteiger partial charge in [0.2, 0.25) is 0 Å². The van der Waals surface area contributed by atoms with Gasteiger partial charge in [0.1, 0.15) is 0 Å². The van der Waals surface area contributed by atoms with Crippen LogP contribution >= 0.6 is 11.3 Å². The van der Waals surface area contributed by atoms with Gasteiger partial charge in [-0.3, -0.25) is 0 Å². The molecule has 12 heavy (non-hydrogen) atoms. The van der Waals surface area contributed by atoms with Crippen molar-refractivity contribution in [3.8, 4) is 5.19 Å². The summed E-state index contributed by atoms with van der Waals surface area (Å²) in [6.07, 6.45) is 3.60. The number of aryl methyl sites for hydroxylation is 1. The van der Waals surface area contributed by atoms with Crippen LogP contribution in [0.2, 0.25) is 0 Å². The molecule has 0 aromatic carbocycles. The van der Waals surface area contributed by atoms with Gasteiger partial charge in [0.15, 0.2) is 0 Å². The Hall–Kier alpha value is -0.570. The Balaban J connectivity index is 2.28. The van der Waals surface area contributed by atoms with Crippen LogP contribution in [0.5, 0.6) is 5.19 Å². The van der Waals surface area contributed by atoms with Crippen LogP contribution in [-0.4, -0.2) is 12.1 Å². The van der Waals surface area contributed by atoms with E-state index in [0.29, 0.717) is 0 Å². The molecule has 1 aliphatic rings. The maximum absolute atomic E-state index is 5.11. The molecule has 0 N–H and O–H groups in total. The summed E-state index contributed by atoms with van der Waals surface area (Å²) in [6, 6.07) is 0. The molecule has 1 aromatic heterocycles. The second-order valence-corrected chi connectivity index (χ2v) is 4.45. The van der Waals surface area contributed by atoms with Gasteiger partial charge in [-0.25, -0.2) is 4.98 Å². The monoisotopic (exact) mass is 183 g/mol. The molecule has 0 aliphatic heterocycles. The van der Waals surface area contributed by atoms with Crippen molar-refractivity contribution in [3.05, 3.63) is 10.6 Å². The molecule has 1 atom stereocenters. The normalized spacial score (nSPS) is 22.0. The minimum Gasteiger partial charge on any atom is -0.473 e. The van der Waals surface area contributed by atoms with Gasteiger partial charge in [0.05, 0.1) is 12.8 Å². The number of rotatable bonds is 1. The van der Waals surface area contributed by atoms with Crippen LogP contribution in [0.3, 0.4) is 0 Å². The van der Waals surface area contributed by atoms with Gasteiger partial charge in [-0.1, -0.05) is 18.3 Å². The molecule has 0 amide bonds. The third kappa shape index (κ3) is 1.33. The summed E-state index contributed by atoms with van der Waals surface area (Å²) in [6.45, 7) is 2.30. The zero-order chi connectivity index (χ0) is 8.55. The molecule has 0 bridgehead atoms. The average molecular weight is 183 g/mol. The van der Waals surface area contributed by atoms with E-state index in [0.717, 1.165) is 17.5 Å². The summed E-state index contributed by atoms with van der Waals surface area (Å²) in [4.78, 5) is 5.84. The van der Waals surface area contributed by atoms with Gasteiger partial charge in [0.25, 0.3) is 5.19 Å². The van der Waals surface area contributed by atoms with Crippen molar-refractivity contribution in [3.63, 3.8) is 0 Å². The van der Waals surface area contributed by atoms with Gasteiger partial charge < -0.3 is 4.74 Å². The van der Waals surface area contributed by atoms with E-state index in [2.05, 4.69) is 11.9 Å². The zero-order valence-corrected chi connectivity index (χ0v) is 8.28. The molecule has 0 saturated heterocycles. The lowest BCUT2D eigenvalue weighted by Crippen LogP contribution is -2.09. The van der Waals surface area contributed by atoms with E-state index in [1.165, 1.54) is 23.4 Å². The first-order valence-corrected chi connectivity index (χ1v) is 5.14. The van der Waals surface area contributed by atoms with Crippen molar-refractivity contribution in [1.82, 2.24) is 4.98 Å². The number of fused-ring (bicyclic) bond motifs is 1. The fourth-order valence-corrected chi connectivity index (χ4v) is 2.69. The summed E-state index contributed by atoms with van der Waals surface area (Å²) >= 11 is 1.71. The van der Waals surface area contributed by atoms with E-state index in [-0.39, 0.29) is 0 Å². The van der Waals surface area contributed by atoms with Crippen molar-refractivity contribution in [2.75, 3.05) is 7.11 Å². The van der Waals surface area contributed by atoms with Crippen molar-refractivity contribution < 1.29 is 4.74 Å². The minimum atomic E-state index is 0.822. The molecule has 3 heteroatoms. The van der Waals surface area contributed by atoms with Crippen LogP contribution in [0.4, 0.5) is 0 Å². The Morgan fingerprint density at radius 1 is 1.58 bits per heavy atom. The van der Waals surface area contributed by atoms with E-state index in [9.17, 15) is 0 Å². The number of aromatic nitrogens is 1. The molecular weight excluding hydrogens is 170 g/mol. The van der Waals surface area contributed by atoms with E-state index >= 15 is 0 Å². The molecule has 66 valence electrons. The second-order valence-electron chi connectivity index (χ2n) is 3.40. The van der Waals surface area contributed by atoms with Crippen LogP contribution in [0.15, 0.2) is 0 Å². The molecule has 2 nitrogen and oxygen atoms in total. The summed E-state index contributed by atoms with van der Waals surface area (Å²) in [7, 11) is 1.69. The first kappa shape index (κ1) is 8.05. The maximum Gasteiger partial charge on any atom is 0.273 e. The van der Waals surface area contributed by atoms with Gasteiger partial charge in [-0.05, 0) is 25.2 Å². The van der Waals surface area contributed by atoms with Crippen LogP contribution in [0, 0.1) is 5.92 Å². The summed E-state index contributed by atoms with van der Waals surface area (Å²) in [5.74, 6) is 0.822. The fraction of sp³-hybridized carbons (Fsp3) is 0.667. The topological polar surface area (TPSA) is 22.1 Å². The van der Waals surface area contributed by atoms with Crippen LogP contribution in [0.1, 0.15) is 23.9 Å². The smallest absolute Gasteiger partial charge is 0.273 e. The second kappa shape index (κ2) is 3.05. The summed E-state index contributed by atoms with van der Waals surface area (Å²) in [5, 5.41) is 0.828. The van der Waals surface area contributed by atoms with E-state index < -0.39 is 0 Å². The van der Waals surface area contributed by atoms with Crippen LogP contribution < -0.4 is 4.74 Å². The average Bonchev–Trinajstić information content (AvgIpc) is 2.46. The van der Waals surface area contributed by atoms with E-state index in [1.807, 2.05) is 0 Å². The number of nitrogens with zero attached hydrogens (tertiary/aromatic N) is 1. The molecule has 0 fully saturated rings. The molecule has 0 spiro atoms. The summed E-state index contributed by atoms with van der Waals surface area (Å²) in [5.41, 5.74) is 1.27. The molecule has 0 radical (unpaired) electrons. The highest BCUT2D eigenvalue weighted by molar-refractivity contribution is 7.13. The maximum atomic E-state index is 5.11.